The number of aliphatic hydroxyl groups is 1. The fourth-order valence-corrected chi connectivity index (χ4v) is 2.06. The van der Waals surface area contributed by atoms with E-state index in [0.29, 0.717) is 0 Å². The Labute approximate surface area is 170 Å². The van der Waals surface area contributed by atoms with Gasteiger partial charge in [0.2, 0.25) is 0 Å². The highest BCUT2D eigenvalue weighted by Crippen LogP contribution is 2.14. The summed E-state index contributed by atoms with van der Waals surface area (Å²) in [4.78, 5) is 9.44. The number of carbonyl (C=O) groups is 1. The van der Waals surface area contributed by atoms with E-state index in [2.05, 4.69) is 41.5 Å². The molecule has 0 saturated heterocycles. The molecule has 2 heteroatoms. The van der Waals surface area contributed by atoms with Gasteiger partial charge in [0.1, 0.15) is 5.78 Å². The van der Waals surface area contributed by atoms with Crippen molar-refractivity contribution in [1.82, 2.24) is 0 Å². The van der Waals surface area contributed by atoms with Crippen LogP contribution in [0.5, 0.6) is 0 Å². The first-order valence-electron chi connectivity index (χ1n) is 10.7. The lowest BCUT2D eigenvalue weighted by Gasteiger charge is -2.08. The molecule has 160 valence electrons. The zero-order chi connectivity index (χ0) is 21.7. The molecule has 0 radical (unpaired) electrons. The molecule has 0 aromatic heterocycles. The summed E-state index contributed by atoms with van der Waals surface area (Å²) in [5, 5.41) is 8.66. The lowest BCUT2D eigenvalue weighted by atomic mass is 9.98. The maximum absolute atomic E-state index is 9.44. The number of ketones is 1. The summed E-state index contributed by atoms with van der Waals surface area (Å²) >= 11 is 0. The Kier molecular flexibility index (Phi) is 25.9. The number of aliphatic hydroxyl groups excluding tert-OH is 1. The molecular weight excluding hydrogens is 332 g/mol. The van der Waals surface area contributed by atoms with Gasteiger partial charge in [-0.3, -0.25) is 0 Å². The van der Waals surface area contributed by atoms with E-state index in [-0.39, 0.29) is 12.4 Å². The average Bonchev–Trinajstić information content (AvgIpc) is 2.57. The highest BCUT2D eigenvalue weighted by Gasteiger charge is 1.98. The van der Waals surface area contributed by atoms with Gasteiger partial charge in [-0.1, -0.05) is 110 Å². The van der Waals surface area contributed by atoms with Gasteiger partial charge < -0.3 is 9.90 Å². The van der Waals surface area contributed by atoms with Crippen molar-refractivity contribution in [2.45, 2.75) is 107 Å². The zero-order valence-corrected chi connectivity index (χ0v) is 19.8. The monoisotopic (exact) mass is 380 g/mol. The maximum atomic E-state index is 9.44. The van der Waals surface area contributed by atoms with Gasteiger partial charge in [-0.05, 0) is 38.2 Å². The molecule has 0 unspecified atom stereocenters. The van der Waals surface area contributed by atoms with Crippen molar-refractivity contribution >= 4 is 5.78 Å². The molecule has 0 spiro atoms. The smallest absolute Gasteiger partial charge is 0.126 e. The van der Waals surface area contributed by atoms with E-state index >= 15 is 0 Å². The minimum atomic E-state index is 0.141. The minimum absolute atomic E-state index is 0.141. The molecule has 0 saturated carbocycles. The summed E-state index contributed by atoms with van der Waals surface area (Å²) in [6.45, 7) is 18.6. The molecule has 0 atom stereocenters. The van der Waals surface area contributed by atoms with Crippen LogP contribution in [-0.2, 0) is 11.4 Å². The topological polar surface area (TPSA) is 37.3 Å². The number of hydrogen-bond donors (Lipinski definition) is 1. The van der Waals surface area contributed by atoms with Crippen molar-refractivity contribution in [3.05, 3.63) is 35.4 Å². The summed E-state index contributed by atoms with van der Waals surface area (Å²) in [5.74, 6) is 1.97. The van der Waals surface area contributed by atoms with E-state index in [1.54, 1.807) is 0 Å². The Morgan fingerprint density at radius 3 is 1.63 bits per heavy atom. The van der Waals surface area contributed by atoms with E-state index in [1.807, 2.05) is 31.2 Å². The predicted octanol–water partition coefficient (Wildman–Crippen LogP) is 7.75. The first-order valence-corrected chi connectivity index (χ1v) is 10.7. The summed E-state index contributed by atoms with van der Waals surface area (Å²) < 4.78 is 0. The largest absolute Gasteiger partial charge is 0.392 e. The Hall–Kier alpha value is -1.15. The van der Waals surface area contributed by atoms with Crippen molar-refractivity contribution in [3.8, 4) is 0 Å². The Morgan fingerprint density at radius 1 is 0.963 bits per heavy atom. The second kappa shape index (κ2) is 22.9. The van der Waals surface area contributed by atoms with Gasteiger partial charge in [0, 0.05) is 0 Å². The van der Waals surface area contributed by atoms with Crippen LogP contribution in [0, 0.1) is 18.8 Å². The highest BCUT2D eigenvalue weighted by atomic mass is 16.3. The Morgan fingerprint density at radius 2 is 1.37 bits per heavy atom. The number of hydrogen-bond acceptors (Lipinski definition) is 2. The number of Topliss-reactive ketones (excluding diaryl/α,β-unsaturated/α-hetero) is 1. The van der Waals surface area contributed by atoms with Crippen LogP contribution >= 0.6 is 0 Å². The first-order chi connectivity index (χ1) is 12.6. The van der Waals surface area contributed by atoms with Crippen molar-refractivity contribution in [1.29, 1.82) is 0 Å². The molecule has 1 rings (SSSR count). The van der Waals surface area contributed by atoms with Crippen LogP contribution in [0.2, 0.25) is 0 Å². The summed E-state index contributed by atoms with van der Waals surface area (Å²) in [7, 11) is 0. The van der Waals surface area contributed by atoms with E-state index in [0.717, 1.165) is 17.4 Å². The van der Waals surface area contributed by atoms with Crippen molar-refractivity contribution < 1.29 is 9.90 Å². The summed E-state index contributed by atoms with van der Waals surface area (Å²) in [6.07, 6.45) is 8.44. The van der Waals surface area contributed by atoms with Gasteiger partial charge in [-0.2, -0.15) is 0 Å². The predicted molar refractivity (Wildman–Crippen MR) is 122 cm³/mol. The standard InChI is InChI=1S/C10H22.C8H10O.C4H10.C3H6O/c1-4-6-8-10(3)9-7-5-2;1-7-3-2-4-8(5-7)6-9;1-4(2)3;1-3(2)4/h10H,4-9H2,1-3H3;2-5,9H,6H2,1H3;4H,1-3H3;1-2H3. The lowest BCUT2D eigenvalue weighted by Crippen LogP contribution is -1.93. The Balaban J connectivity index is -0.000000310. The van der Waals surface area contributed by atoms with Crippen LogP contribution in [0.1, 0.15) is 105 Å². The average molecular weight is 381 g/mol. The third-order valence-electron chi connectivity index (χ3n) is 3.37. The quantitative estimate of drug-likeness (QED) is 0.525. The molecule has 0 aliphatic rings. The van der Waals surface area contributed by atoms with Gasteiger partial charge in [0.15, 0.2) is 0 Å². The van der Waals surface area contributed by atoms with Crippen LogP contribution in [-0.4, -0.2) is 10.9 Å². The zero-order valence-electron chi connectivity index (χ0n) is 19.8. The van der Waals surface area contributed by atoms with Gasteiger partial charge in [-0.25, -0.2) is 0 Å². The maximum Gasteiger partial charge on any atom is 0.126 e. The summed E-state index contributed by atoms with van der Waals surface area (Å²) in [6, 6.07) is 7.84. The van der Waals surface area contributed by atoms with E-state index in [9.17, 15) is 4.79 Å². The molecule has 0 heterocycles. The normalized spacial score (nSPS) is 9.48. The number of carbonyl (C=O) groups excluding carboxylic acids is 1. The minimum Gasteiger partial charge on any atom is -0.392 e. The fourth-order valence-electron chi connectivity index (χ4n) is 2.06. The van der Waals surface area contributed by atoms with Crippen molar-refractivity contribution in [3.63, 3.8) is 0 Å². The molecule has 0 amide bonds. The van der Waals surface area contributed by atoms with Crippen LogP contribution in [0.3, 0.4) is 0 Å². The van der Waals surface area contributed by atoms with Gasteiger partial charge in [0.05, 0.1) is 6.61 Å². The van der Waals surface area contributed by atoms with Gasteiger partial charge >= 0.3 is 0 Å². The number of rotatable bonds is 7. The van der Waals surface area contributed by atoms with Crippen LogP contribution in [0.25, 0.3) is 0 Å². The number of unbranched alkanes of at least 4 members (excludes halogenated alkanes) is 2. The third-order valence-corrected chi connectivity index (χ3v) is 3.37. The second-order valence-electron chi connectivity index (χ2n) is 8.18. The molecule has 0 aliphatic carbocycles. The molecule has 0 aliphatic heterocycles. The molecular formula is C25H48O2. The van der Waals surface area contributed by atoms with Crippen molar-refractivity contribution in [2.24, 2.45) is 11.8 Å². The molecule has 0 bridgehead atoms. The molecule has 2 nitrogen and oxygen atoms in total. The number of benzene rings is 1. The molecule has 1 N–H and O–H groups in total. The number of aryl methyl sites for hydroxylation is 1. The highest BCUT2D eigenvalue weighted by molar-refractivity contribution is 5.72. The van der Waals surface area contributed by atoms with E-state index in [4.69, 9.17) is 5.11 Å². The Bertz CT molecular complexity index is 409. The molecule has 1 aromatic rings. The first kappa shape index (κ1) is 30.6. The fraction of sp³-hybridized carbons (Fsp3) is 0.720. The van der Waals surface area contributed by atoms with Gasteiger partial charge in [-0.15, -0.1) is 0 Å². The SMILES string of the molecule is CC(C)=O.CC(C)C.CCCCC(C)CCCC.Cc1cccc(CO)c1. The van der Waals surface area contributed by atoms with E-state index in [1.165, 1.54) is 57.9 Å². The summed E-state index contributed by atoms with van der Waals surface area (Å²) in [5.41, 5.74) is 2.18. The third kappa shape index (κ3) is 36.5. The van der Waals surface area contributed by atoms with Gasteiger partial charge in [0.25, 0.3) is 0 Å². The molecule has 1 aromatic carbocycles. The van der Waals surface area contributed by atoms with Crippen LogP contribution in [0.15, 0.2) is 24.3 Å². The van der Waals surface area contributed by atoms with Crippen molar-refractivity contribution in [2.75, 3.05) is 0 Å². The van der Waals surface area contributed by atoms with Crippen LogP contribution in [0.4, 0.5) is 0 Å². The van der Waals surface area contributed by atoms with Crippen LogP contribution < -0.4 is 0 Å². The molecule has 27 heavy (non-hydrogen) atoms. The lowest BCUT2D eigenvalue weighted by molar-refractivity contribution is -0.114. The molecule has 0 fully saturated rings. The second-order valence-corrected chi connectivity index (χ2v) is 8.18. The van der Waals surface area contributed by atoms with E-state index < -0.39 is 0 Å².